The van der Waals surface area contributed by atoms with Gasteiger partial charge < -0.3 is 5.73 Å². The number of aromatic amines is 1. The Labute approximate surface area is 89.3 Å². The highest BCUT2D eigenvalue weighted by Crippen LogP contribution is 2.14. The summed E-state index contributed by atoms with van der Waals surface area (Å²) in [4.78, 5) is 0. The number of nitrogen functional groups attached to an aromatic ring is 1. The molecule has 0 bridgehead atoms. The monoisotopic (exact) mass is 232 g/mol. The fraction of sp³-hybridized carbons (Fsp3) is 0.625. The smallest absolute Gasteiger partial charge is 0.216 e. The summed E-state index contributed by atoms with van der Waals surface area (Å²) in [7, 11) is -3.34. The minimum Gasteiger partial charge on any atom is -0.384 e. The van der Waals surface area contributed by atoms with Gasteiger partial charge in [-0.25, -0.2) is 13.1 Å². The second kappa shape index (κ2) is 3.82. The first kappa shape index (κ1) is 12.0. The van der Waals surface area contributed by atoms with Crippen molar-refractivity contribution in [2.45, 2.75) is 32.1 Å². The van der Waals surface area contributed by atoms with E-state index in [9.17, 15) is 8.42 Å². The molecule has 1 rings (SSSR count). The molecule has 0 saturated carbocycles. The van der Waals surface area contributed by atoms with Crippen molar-refractivity contribution in [3.8, 4) is 0 Å². The Bertz CT molecular complexity index is 430. The van der Waals surface area contributed by atoms with E-state index in [1.165, 1.54) is 6.20 Å². The minimum absolute atomic E-state index is 0.155. The number of H-pyrrole nitrogens is 1. The van der Waals surface area contributed by atoms with Gasteiger partial charge in [0, 0.05) is 12.1 Å². The molecular weight excluding hydrogens is 216 g/mol. The van der Waals surface area contributed by atoms with E-state index >= 15 is 0 Å². The Morgan fingerprint density at radius 1 is 1.53 bits per heavy atom. The third-order valence-corrected chi connectivity index (χ3v) is 4.15. The molecule has 0 aromatic carbocycles. The van der Waals surface area contributed by atoms with Crippen LogP contribution in [0.2, 0.25) is 0 Å². The Balaban J connectivity index is 2.71. The lowest BCUT2D eigenvalue weighted by atomic mass is 10.3. The van der Waals surface area contributed by atoms with E-state index in [0.717, 1.165) is 0 Å². The molecule has 1 aromatic rings. The number of anilines is 1. The van der Waals surface area contributed by atoms with Gasteiger partial charge >= 0.3 is 0 Å². The summed E-state index contributed by atoms with van der Waals surface area (Å²) in [6.45, 7) is 5.05. The van der Waals surface area contributed by atoms with Crippen molar-refractivity contribution in [1.82, 2.24) is 14.9 Å². The van der Waals surface area contributed by atoms with E-state index in [1.807, 2.05) is 0 Å². The number of hydrogen-bond donors (Lipinski definition) is 3. The predicted octanol–water partition coefficient (Wildman–Crippen LogP) is 0.210. The predicted molar refractivity (Wildman–Crippen MR) is 58.5 cm³/mol. The van der Waals surface area contributed by atoms with Crippen molar-refractivity contribution in [3.05, 3.63) is 11.8 Å². The van der Waals surface area contributed by atoms with E-state index in [4.69, 9.17) is 5.73 Å². The second-order valence-corrected chi connectivity index (χ2v) is 6.77. The van der Waals surface area contributed by atoms with Gasteiger partial charge in [0.1, 0.15) is 5.82 Å². The molecule has 0 aliphatic heterocycles. The zero-order chi connectivity index (χ0) is 11.7. The standard InChI is InChI=1S/C8H16N4O2S/c1-8(2,3)15(13,14)11-5-6-4-10-12-7(6)9/h4,11H,5H2,1-3H3,(H3,9,10,12). The Morgan fingerprint density at radius 3 is 2.53 bits per heavy atom. The first-order valence-corrected chi connectivity index (χ1v) is 5.99. The van der Waals surface area contributed by atoms with Crippen LogP contribution in [0.1, 0.15) is 26.3 Å². The third-order valence-electron chi connectivity index (χ3n) is 2.01. The Hall–Kier alpha value is -1.08. The van der Waals surface area contributed by atoms with Crippen molar-refractivity contribution in [2.24, 2.45) is 0 Å². The number of nitrogens with two attached hydrogens (primary N) is 1. The maximum atomic E-state index is 11.7. The van der Waals surface area contributed by atoms with Crippen LogP contribution >= 0.6 is 0 Å². The number of sulfonamides is 1. The molecule has 7 heteroatoms. The van der Waals surface area contributed by atoms with Crippen LogP contribution in [0.3, 0.4) is 0 Å². The van der Waals surface area contributed by atoms with Crippen LogP contribution in [0.15, 0.2) is 6.20 Å². The van der Waals surface area contributed by atoms with Gasteiger partial charge in [-0.05, 0) is 20.8 Å². The van der Waals surface area contributed by atoms with E-state index < -0.39 is 14.8 Å². The molecule has 0 unspecified atom stereocenters. The number of hydrogen-bond acceptors (Lipinski definition) is 4. The summed E-state index contributed by atoms with van der Waals surface area (Å²) < 4.78 is 25.0. The number of rotatable bonds is 3. The second-order valence-electron chi connectivity index (χ2n) is 4.25. The first-order chi connectivity index (χ1) is 6.74. The van der Waals surface area contributed by atoms with Crippen LogP contribution in [0, 0.1) is 0 Å². The molecule has 0 fully saturated rings. The molecule has 1 aromatic heterocycles. The molecule has 0 amide bonds. The molecular formula is C8H16N4O2S. The highest BCUT2D eigenvalue weighted by Gasteiger charge is 2.28. The highest BCUT2D eigenvalue weighted by atomic mass is 32.2. The van der Waals surface area contributed by atoms with Crippen LogP contribution in [-0.4, -0.2) is 23.4 Å². The average Bonchev–Trinajstić information content (AvgIpc) is 2.46. The van der Waals surface area contributed by atoms with E-state index in [0.29, 0.717) is 11.4 Å². The SMILES string of the molecule is CC(C)(C)S(=O)(=O)NCc1cn[nH]c1N. The molecule has 15 heavy (non-hydrogen) atoms. The molecule has 0 aliphatic carbocycles. The van der Waals surface area contributed by atoms with Gasteiger partial charge in [0.05, 0.1) is 10.9 Å². The zero-order valence-corrected chi connectivity index (χ0v) is 9.85. The van der Waals surface area contributed by atoms with Crippen LogP contribution in [0.4, 0.5) is 5.82 Å². The van der Waals surface area contributed by atoms with Gasteiger partial charge in [-0.2, -0.15) is 5.10 Å². The highest BCUT2D eigenvalue weighted by molar-refractivity contribution is 7.90. The molecule has 6 nitrogen and oxygen atoms in total. The number of nitrogens with one attached hydrogen (secondary N) is 2. The summed E-state index contributed by atoms with van der Waals surface area (Å²) >= 11 is 0. The van der Waals surface area contributed by atoms with Crippen molar-refractivity contribution >= 4 is 15.8 Å². The maximum absolute atomic E-state index is 11.7. The lowest BCUT2D eigenvalue weighted by Crippen LogP contribution is -2.38. The first-order valence-electron chi connectivity index (χ1n) is 4.51. The molecule has 0 spiro atoms. The van der Waals surface area contributed by atoms with Crippen LogP contribution < -0.4 is 10.5 Å². The van der Waals surface area contributed by atoms with Crippen LogP contribution in [-0.2, 0) is 16.6 Å². The minimum atomic E-state index is -3.34. The molecule has 0 saturated heterocycles. The Morgan fingerprint density at radius 2 is 2.13 bits per heavy atom. The summed E-state index contributed by atoms with van der Waals surface area (Å²) in [5, 5.41) is 6.24. The lowest BCUT2D eigenvalue weighted by Gasteiger charge is -2.19. The summed E-state index contributed by atoms with van der Waals surface area (Å²) in [5.41, 5.74) is 6.17. The Kier molecular flexibility index (Phi) is 3.05. The molecule has 0 atom stereocenters. The third kappa shape index (κ3) is 2.69. The lowest BCUT2D eigenvalue weighted by molar-refractivity contribution is 0.545. The van der Waals surface area contributed by atoms with Crippen molar-refractivity contribution in [3.63, 3.8) is 0 Å². The number of nitrogens with zero attached hydrogens (tertiary/aromatic N) is 1. The van der Waals surface area contributed by atoms with Gasteiger partial charge in [-0.15, -0.1) is 0 Å². The largest absolute Gasteiger partial charge is 0.384 e. The fourth-order valence-electron chi connectivity index (χ4n) is 0.851. The molecule has 0 aliphatic rings. The fourth-order valence-corrected chi connectivity index (χ4v) is 1.63. The van der Waals surface area contributed by atoms with Crippen LogP contribution in [0.5, 0.6) is 0 Å². The van der Waals surface area contributed by atoms with Crippen molar-refractivity contribution in [1.29, 1.82) is 0 Å². The quantitative estimate of drug-likeness (QED) is 0.693. The van der Waals surface area contributed by atoms with Crippen LogP contribution in [0.25, 0.3) is 0 Å². The normalized spacial score (nSPS) is 13.0. The van der Waals surface area contributed by atoms with Gasteiger partial charge in [-0.1, -0.05) is 0 Å². The molecule has 0 radical (unpaired) electrons. The summed E-state index contributed by atoms with van der Waals surface area (Å²) in [6.07, 6.45) is 1.50. The topological polar surface area (TPSA) is 101 Å². The van der Waals surface area contributed by atoms with E-state index in [1.54, 1.807) is 20.8 Å². The number of aromatic nitrogens is 2. The van der Waals surface area contributed by atoms with Gasteiger partial charge in [0.25, 0.3) is 0 Å². The maximum Gasteiger partial charge on any atom is 0.216 e. The summed E-state index contributed by atoms with van der Waals surface area (Å²) in [5.74, 6) is 0.381. The zero-order valence-electron chi connectivity index (χ0n) is 9.03. The van der Waals surface area contributed by atoms with E-state index in [2.05, 4.69) is 14.9 Å². The average molecular weight is 232 g/mol. The van der Waals surface area contributed by atoms with Gasteiger partial charge in [-0.3, -0.25) is 5.10 Å². The summed E-state index contributed by atoms with van der Waals surface area (Å²) in [6, 6.07) is 0. The van der Waals surface area contributed by atoms with Gasteiger partial charge in [0.15, 0.2) is 0 Å². The van der Waals surface area contributed by atoms with Crippen molar-refractivity contribution in [2.75, 3.05) is 5.73 Å². The molecule has 4 N–H and O–H groups in total. The van der Waals surface area contributed by atoms with E-state index in [-0.39, 0.29) is 6.54 Å². The molecule has 86 valence electrons. The van der Waals surface area contributed by atoms with Crippen molar-refractivity contribution < 1.29 is 8.42 Å². The van der Waals surface area contributed by atoms with Gasteiger partial charge in [0.2, 0.25) is 10.0 Å². The molecule has 1 heterocycles.